The monoisotopic (exact) mass is 201 g/mol. The topological polar surface area (TPSA) is 12.0 Å². The number of hydrogen-bond acceptors (Lipinski definition) is 1. The molecule has 1 N–H and O–H groups in total. The summed E-state index contributed by atoms with van der Waals surface area (Å²) >= 11 is 0. The molecule has 0 aromatic heterocycles. The summed E-state index contributed by atoms with van der Waals surface area (Å²) in [6.45, 7) is 6.27. The lowest BCUT2D eigenvalue weighted by Crippen LogP contribution is -2.24. The third-order valence-electron chi connectivity index (χ3n) is 3.13. The fourth-order valence-corrected chi connectivity index (χ4v) is 2.17. The van der Waals surface area contributed by atoms with Crippen LogP contribution in [0.5, 0.6) is 0 Å². The molecule has 1 saturated heterocycles. The second kappa shape index (κ2) is 5.69. The quantitative estimate of drug-likeness (QED) is 0.736. The van der Waals surface area contributed by atoms with E-state index < -0.39 is 5.67 Å². The first-order chi connectivity index (χ1) is 6.62. The van der Waals surface area contributed by atoms with E-state index in [2.05, 4.69) is 19.2 Å². The van der Waals surface area contributed by atoms with Gasteiger partial charge in [0.1, 0.15) is 5.67 Å². The molecule has 0 aromatic rings. The summed E-state index contributed by atoms with van der Waals surface area (Å²) in [4.78, 5) is 0. The minimum Gasteiger partial charge on any atom is -0.317 e. The molecule has 84 valence electrons. The van der Waals surface area contributed by atoms with Gasteiger partial charge in [0.25, 0.3) is 0 Å². The lowest BCUT2D eigenvalue weighted by Gasteiger charge is -2.23. The zero-order chi connectivity index (χ0) is 10.4. The summed E-state index contributed by atoms with van der Waals surface area (Å²) in [6.07, 6.45) is 5.46. The van der Waals surface area contributed by atoms with E-state index in [4.69, 9.17) is 0 Å². The van der Waals surface area contributed by atoms with Crippen molar-refractivity contribution in [3.63, 3.8) is 0 Å². The van der Waals surface area contributed by atoms with E-state index in [9.17, 15) is 4.39 Å². The Morgan fingerprint density at radius 1 is 1.29 bits per heavy atom. The van der Waals surface area contributed by atoms with Crippen molar-refractivity contribution in [1.29, 1.82) is 0 Å². The fourth-order valence-electron chi connectivity index (χ4n) is 2.17. The molecular weight excluding hydrogens is 177 g/mol. The Bertz CT molecular complexity index is 148. The van der Waals surface area contributed by atoms with Gasteiger partial charge in [0.15, 0.2) is 0 Å². The average molecular weight is 201 g/mol. The zero-order valence-electron chi connectivity index (χ0n) is 9.61. The fraction of sp³-hybridized carbons (Fsp3) is 1.00. The molecule has 1 aliphatic heterocycles. The van der Waals surface area contributed by atoms with Gasteiger partial charge < -0.3 is 5.32 Å². The molecular formula is C12H24FN. The molecule has 0 aliphatic carbocycles. The molecule has 0 amide bonds. The van der Waals surface area contributed by atoms with Crippen molar-refractivity contribution in [2.24, 2.45) is 5.92 Å². The van der Waals surface area contributed by atoms with Crippen LogP contribution >= 0.6 is 0 Å². The van der Waals surface area contributed by atoms with Crippen LogP contribution in [0.15, 0.2) is 0 Å². The van der Waals surface area contributed by atoms with Crippen LogP contribution in [-0.4, -0.2) is 18.8 Å². The van der Waals surface area contributed by atoms with E-state index in [1.165, 1.54) is 6.42 Å². The van der Waals surface area contributed by atoms with E-state index in [1.807, 2.05) is 0 Å². The minimum atomic E-state index is -0.863. The van der Waals surface area contributed by atoms with Gasteiger partial charge in [-0.25, -0.2) is 4.39 Å². The van der Waals surface area contributed by atoms with Crippen LogP contribution in [0.4, 0.5) is 4.39 Å². The number of rotatable bonds is 4. The minimum absolute atomic E-state index is 0.711. The second-order valence-electron chi connectivity index (χ2n) is 5.04. The maximum atomic E-state index is 14.2. The van der Waals surface area contributed by atoms with Crippen molar-refractivity contribution < 1.29 is 4.39 Å². The lowest BCUT2D eigenvalue weighted by atomic mass is 9.90. The van der Waals surface area contributed by atoms with E-state index in [0.717, 1.165) is 38.8 Å². The number of alkyl halides is 1. The summed E-state index contributed by atoms with van der Waals surface area (Å²) in [5.74, 6) is 0.711. The van der Waals surface area contributed by atoms with Crippen LogP contribution in [0.3, 0.4) is 0 Å². The summed E-state index contributed by atoms with van der Waals surface area (Å²) in [6, 6.07) is 0. The molecule has 2 heteroatoms. The molecule has 0 saturated carbocycles. The third-order valence-corrected chi connectivity index (χ3v) is 3.13. The van der Waals surface area contributed by atoms with Crippen LogP contribution in [-0.2, 0) is 0 Å². The maximum Gasteiger partial charge on any atom is 0.112 e. The second-order valence-corrected chi connectivity index (χ2v) is 5.04. The Kier molecular flexibility index (Phi) is 4.86. The van der Waals surface area contributed by atoms with Gasteiger partial charge in [-0.1, -0.05) is 26.7 Å². The third kappa shape index (κ3) is 4.41. The van der Waals surface area contributed by atoms with Gasteiger partial charge in [-0.2, -0.15) is 0 Å². The highest BCUT2D eigenvalue weighted by Gasteiger charge is 2.29. The SMILES string of the molecule is CC(C)CCCC1(F)CCCNCC1. The van der Waals surface area contributed by atoms with Crippen molar-refractivity contribution in [2.75, 3.05) is 13.1 Å². The van der Waals surface area contributed by atoms with Crippen molar-refractivity contribution in [3.8, 4) is 0 Å². The Morgan fingerprint density at radius 2 is 2.07 bits per heavy atom. The Labute approximate surface area is 87.5 Å². The molecule has 1 aliphatic rings. The Morgan fingerprint density at radius 3 is 2.79 bits per heavy atom. The van der Waals surface area contributed by atoms with Crippen LogP contribution in [0, 0.1) is 5.92 Å². The first kappa shape index (κ1) is 12.0. The van der Waals surface area contributed by atoms with Gasteiger partial charge in [-0.3, -0.25) is 0 Å². The highest BCUT2D eigenvalue weighted by Crippen LogP contribution is 2.30. The molecule has 1 fully saturated rings. The predicted molar refractivity (Wildman–Crippen MR) is 59.2 cm³/mol. The summed E-state index contributed by atoms with van der Waals surface area (Å²) in [7, 11) is 0. The molecule has 0 bridgehead atoms. The van der Waals surface area contributed by atoms with Gasteiger partial charge >= 0.3 is 0 Å². The van der Waals surface area contributed by atoms with Gasteiger partial charge in [-0.15, -0.1) is 0 Å². The Balaban J connectivity index is 2.24. The number of halogens is 1. The van der Waals surface area contributed by atoms with Gasteiger partial charge in [0, 0.05) is 0 Å². The number of nitrogens with one attached hydrogen (secondary N) is 1. The van der Waals surface area contributed by atoms with Gasteiger partial charge in [0.2, 0.25) is 0 Å². The van der Waals surface area contributed by atoms with Crippen LogP contribution < -0.4 is 5.32 Å². The summed E-state index contributed by atoms with van der Waals surface area (Å²) in [5.41, 5.74) is -0.863. The molecule has 1 atom stereocenters. The van der Waals surface area contributed by atoms with Gasteiger partial charge in [0.05, 0.1) is 0 Å². The molecule has 1 heterocycles. The largest absolute Gasteiger partial charge is 0.317 e. The lowest BCUT2D eigenvalue weighted by molar-refractivity contribution is 0.126. The van der Waals surface area contributed by atoms with E-state index >= 15 is 0 Å². The highest BCUT2D eigenvalue weighted by molar-refractivity contribution is 4.82. The molecule has 0 aromatic carbocycles. The standard InChI is InChI=1S/C12H24FN/c1-11(2)5-3-6-12(13)7-4-9-14-10-8-12/h11,14H,3-10H2,1-2H3. The smallest absolute Gasteiger partial charge is 0.112 e. The number of hydrogen-bond donors (Lipinski definition) is 1. The van der Waals surface area contributed by atoms with E-state index in [0.29, 0.717) is 12.3 Å². The first-order valence-electron chi connectivity index (χ1n) is 6.02. The normalized spacial score (nSPS) is 29.1. The van der Waals surface area contributed by atoms with Crippen LogP contribution in [0.2, 0.25) is 0 Å². The zero-order valence-corrected chi connectivity index (χ0v) is 9.61. The highest BCUT2D eigenvalue weighted by atomic mass is 19.1. The molecule has 1 rings (SSSR count). The van der Waals surface area contributed by atoms with Crippen molar-refractivity contribution >= 4 is 0 Å². The molecule has 0 spiro atoms. The summed E-state index contributed by atoms with van der Waals surface area (Å²) < 4.78 is 14.2. The molecule has 1 unspecified atom stereocenters. The van der Waals surface area contributed by atoms with Crippen LogP contribution in [0.25, 0.3) is 0 Å². The first-order valence-corrected chi connectivity index (χ1v) is 6.02. The van der Waals surface area contributed by atoms with Crippen molar-refractivity contribution in [2.45, 2.75) is 58.0 Å². The summed E-state index contributed by atoms with van der Waals surface area (Å²) in [5, 5.41) is 3.26. The van der Waals surface area contributed by atoms with E-state index in [1.54, 1.807) is 0 Å². The van der Waals surface area contributed by atoms with E-state index in [-0.39, 0.29) is 0 Å². The Hall–Kier alpha value is -0.110. The molecule has 0 radical (unpaired) electrons. The van der Waals surface area contributed by atoms with Gasteiger partial charge in [-0.05, 0) is 44.7 Å². The van der Waals surface area contributed by atoms with Crippen molar-refractivity contribution in [1.82, 2.24) is 5.32 Å². The van der Waals surface area contributed by atoms with Crippen molar-refractivity contribution in [3.05, 3.63) is 0 Å². The average Bonchev–Trinajstić information content (AvgIpc) is 2.30. The van der Waals surface area contributed by atoms with Crippen LogP contribution in [0.1, 0.15) is 52.4 Å². The predicted octanol–water partition coefficient (Wildman–Crippen LogP) is 3.29. The maximum absolute atomic E-state index is 14.2. The molecule has 14 heavy (non-hydrogen) atoms. The molecule has 1 nitrogen and oxygen atoms in total.